The van der Waals surface area contributed by atoms with Crippen molar-refractivity contribution >= 4 is 32.8 Å². The van der Waals surface area contributed by atoms with Crippen molar-refractivity contribution in [3.8, 4) is 0 Å². The van der Waals surface area contributed by atoms with Crippen molar-refractivity contribution in [2.75, 3.05) is 31.9 Å². The summed E-state index contributed by atoms with van der Waals surface area (Å²) in [5.74, 6) is 0.234. The van der Waals surface area contributed by atoms with Crippen LogP contribution in [0.2, 0.25) is 0 Å². The Kier molecular flexibility index (Phi) is 8.51. The Morgan fingerprint density at radius 2 is 1.78 bits per heavy atom. The maximum absolute atomic E-state index is 12.6. The van der Waals surface area contributed by atoms with Crippen LogP contribution in [0, 0.1) is 5.92 Å². The Labute approximate surface area is 215 Å². The fourth-order valence-corrected chi connectivity index (χ4v) is 5.34. The fourth-order valence-electron chi connectivity index (χ4n) is 4.74. The second-order valence-electron chi connectivity index (χ2n) is 9.14. The molecule has 4 rings (SSSR count). The summed E-state index contributed by atoms with van der Waals surface area (Å²) in [6.45, 7) is 2.74. The number of nitrogens with one attached hydrogen (secondary N) is 2. The van der Waals surface area contributed by atoms with Crippen molar-refractivity contribution in [2.24, 2.45) is 5.92 Å². The number of hydrogen-bond acceptors (Lipinski definition) is 7. The molecule has 1 saturated carbocycles. The third-order valence-electron chi connectivity index (χ3n) is 6.71. The van der Waals surface area contributed by atoms with E-state index in [1.54, 1.807) is 0 Å². The molecule has 0 amide bonds. The number of alkyl halides is 3. The number of rotatable bonds is 10. The number of anilines is 1. The van der Waals surface area contributed by atoms with Crippen molar-refractivity contribution in [1.29, 1.82) is 0 Å². The fraction of sp³-hybridized carbons (Fsp3) is 0.500. The Bertz CT molecular complexity index is 1160. The van der Waals surface area contributed by atoms with E-state index in [0.717, 1.165) is 41.7 Å². The number of aliphatic hydroxyl groups is 2. The minimum atomic E-state index is -4.31. The molecule has 3 aromatic rings. The van der Waals surface area contributed by atoms with E-state index < -0.39 is 23.9 Å². The molecular weight excluding hydrogens is 541 g/mol. The van der Waals surface area contributed by atoms with Gasteiger partial charge in [-0.25, -0.2) is 9.97 Å². The molecular formula is C24H30BrF3N6O2. The number of hydrogen-bond donors (Lipinski definition) is 5. The van der Waals surface area contributed by atoms with Gasteiger partial charge in [-0.15, -0.1) is 0 Å². The first-order chi connectivity index (χ1) is 17.2. The van der Waals surface area contributed by atoms with Gasteiger partial charge in [0, 0.05) is 23.1 Å². The summed E-state index contributed by atoms with van der Waals surface area (Å²) in [7, 11) is 0. The summed E-state index contributed by atoms with van der Waals surface area (Å²) in [5.41, 5.74) is 6.81. The van der Waals surface area contributed by atoms with Crippen molar-refractivity contribution in [3.05, 3.63) is 52.4 Å². The topological polar surface area (TPSA) is 121 Å². The number of fused-ring (bicyclic) bond motifs is 1. The Balaban J connectivity index is 1.17. The molecule has 0 aliphatic heterocycles. The van der Waals surface area contributed by atoms with Crippen LogP contribution in [0.4, 0.5) is 19.0 Å². The quantitative estimate of drug-likeness (QED) is 0.238. The number of nitrogens with two attached hydrogens (primary N) is 1. The number of aliphatic hydroxyl groups excluding tert-OH is 2. The van der Waals surface area contributed by atoms with E-state index in [-0.39, 0.29) is 12.0 Å². The smallest absolute Gasteiger partial charge is 0.390 e. The summed E-state index contributed by atoms with van der Waals surface area (Å²) in [5, 5.41) is 28.7. The Morgan fingerprint density at radius 3 is 2.50 bits per heavy atom. The molecule has 4 atom stereocenters. The van der Waals surface area contributed by atoms with Crippen molar-refractivity contribution in [2.45, 2.75) is 43.7 Å². The first kappa shape index (κ1) is 26.8. The predicted molar refractivity (Wildman–Crippen MR) is 134 cm³/mol. The summed E-state index contributed by atoms with van der Waals surface area (Å²) >= 11 is 3.48. The summed E-state index contributed by atoms with van der Waals surface area (Å²) in [6, 6.07) is 4.91. The van der Waals surface area contributed by atoms with Gasteiger partial charge in [-0.1, -0.05) is 12.1 Å². The lowest BCUT2D eigenvalue weighted by Gasteiger charge is -2.19. The highest BCUT2D eigenvalue weighted by Crippen LogP contribution is 2.39. The molecule has 12 heteroatoms. The summed E-state index contributed by atoms with van der Waals surface area (Å²) in [4.78, 5) is 8.34. The molecule has 1 fully saturated rings. The maximum atomic E-state index is 12.6. The zero-order chi connectivity index (χ0) is 25.9. The highest BCUT2D eigenvalue weighted by atomic mass is 79.9. The molecule has 6 N–H and O–H groups in total. The molecule has 0 radical (unpaired) electrons. The second kappa shape index (κ2) is 11.4. The van der Waals surface area contributed by atoms with E-state index >= 15 is 0 Å². The Morgan fingerprint density at radius 1 is 1.06 bits per heavy atom. The van der Waals surface area contributed by atoms with Crippen LogP contribution in [0.15, 0.2) is 41.3 Å². The van der Waals surface area contributed by atoms with Crippen LogP contribution >= 0.6 is 15.9 Å². The molecule has 0 spiro atoms. The molecule has 1 aliphatic rings. The maximum Gasteiger partial charge on any atom is 0.416 e. The van der Waals surface area contributed by atoms with Crippen molar-refractivity contribution < 1.29 is 23.4 Å². The molecule has 0 saturated heterocycles. The molecule has 2 aromatic heterocycles. The van der Waals surface area contributed by atoms with Crippen LogP contribution in [0.25, 0.3) is 11.0 Å². The Hall–Kier alpha value is -2.25. The van der Waals surface area contributed by atoms with Gasteiger partial charge in [-0.2, -0.15) is 13.2 Å². The van der Waals surface area contributed by atoms with E-state index in [4.69, 9.17) is 5.73 Å². The van der Waals surface area contributed by atoms with Crippen LogP contribution in [-0.4, -0.2) is 63.1 Å². The predicted octanol–water partition coefficient (Wildman–Crippen LogP) is 2.89. The third-order valence-corrected chi connectivity index (χ3v) is 7.31. The first-order valence-corrected chi connectivity index (χ1v) is 12.7. The monoisotopic (exact) mass is 570 g/mol. The van der Waals surface area contributed by atoms with Gasteiger partial charge in [-0.05, 0) is 72.5 Å². The highest BCUT2D eigenvalue weighted by Gasteiger charge is 2.42. The van der Waals surface area contributed by atoms with Crippen molar-refractivity contribution in [3.63, 3.8) is 0 Å². The SMILES string of the molecule is Nc1ncnc2c1c(Br)cn2[C@@H]1C[C@H](CNCCCNCCc2ccc(C(F)(F)F)cc2)[C@@H](O)[C@H]1O. The average Bonchev–Trinajstić information content (AvgIpc) is 3.32. The lowest BCUT2D eigenvalue weighted by atomic mass is 10.1. The van der Waals surface area contributed by atoms with E-state index in [9.17, 15) is 23.4 Å². The summed E-state index contributed by atoms with van der Waals surface area (Å²) in [6.07, 6.45) is -0.804. The third kappa shape index (κ3) is 6.00. The highest BCUT2D eigenvalue weighted by molar-refractivity contribution is 9.10. The molecule has 1 aromatic carbocycles. The molecule has 2 heterocycles. The molecule has 1 aliphatic carbocycles. The van der Waals surface area contributed by atoms with Crippen LogP contribution in [0.5, 0.6) is 0 Å². The average molecular weight is 571 g/mol. The zero-order valence-electron chi connectivity index (χ0n) is 19.5. The normalized spacial score (nSPS) is 22.5. The van der Waals surface area contributed by atoms with Gasteiger partial charge in [0.15, 0.2) is 0 Å². The minimum absolute atomic E-state index is 0.118. The molecule has 0 bridgehead atoms. The van der Waals surface area contributed by atoms with Gasteiger partial charge in [0.1, 0.15) is 23.9 Å². The number of benzene rings is 1. The first-order valence-electron chi connectivity index (χ1n) is 11.9. The molecule has 0 unspecified atom stereocenters. The number of nitrogens with zero attached hydrogens (tertiary/aromatic N) is 3. The summed E-state index contributed by atoms with van der Waals surface area (Å²) < 4.78 is 40.5. The van der Waals surface area contributed by atoms with E-state index in [0.29, 0.717) is 42.8 Å². The molecule has 8 nitrogen and oxygen atoms in total. The lowest BCUT2D eigenvalue weighted by molar-refractivity contribution is -0.137. The number of halogens is 4. The molecule has 196 valence electrons. The zero-order valence-corrected chi connectivity index (χ0v) is 21.1. The molecule has 36 heavy (non-hydrogen) atoms. The van der Waals surface area contributed by atoms with Gasteiger partial charge < -0.3 is 31.1 Å². The van der Waals surface area contributed by atoms with Crippen LogP contribution in [0.3, 0.4) is 0 Å². The standard InChI is InChI=1S/C24H30BrF3N6O2/c25-17-12-34(23-19(17)22(29)32-13-33-23)18-10-15(20(35)21(18)36)11-31-8-1-7-30-9-6-14-2-4-16(5-3-14)24(26,27)28/h2-5,12-13,15,18,20-21,30-31,35-36H,1,6-11H2,(H2,29,32,33)/t15-,18-,20-,21+/m1/s1. The minimum Gasteiger partial charge on any atom is -0.390 e. The van der Waals surface area contributed by atoms with Crippen LogP contribution in [0.1, 0.15) is 30.0 Å². The number of nitrogen functional groups attached to an aromatic ring is 1. The van der Waals surface area contributed by atoms with Gasteiger partial charge in [0.25, 0.3) is 0 Å². The van der Waals surface area contributed by atoms with Crippen LogP contribution in [-0.2, 0) is 12.6 Å². The van der Waals surface area contributed by atoms with E-state index in [1.165, 1.54) is 18.5 Å². The van der Waals surface area contributed by atoms with Gasteiger partial charge in [0.2, 0.25) is 0 Å². The van der Waals surface area contributed by atoms with Crippen molar-refractivity contribution in [1.82, 2.24) is 25.2 Å². The van der Waals surface area contributed by atoms with E-state index in [1.807, 2.05) is 10.8 Å². The van der Waals surface area contributed by atoms with Crippen LogP contribution < -0.4 is 16.4 Å². The van der Waals surface area contributed by atoms with Gasteiger partial charge in [0.05, 0.1) is 23.1 Å². The van der Waals surface area contributed by atoms with Gasteiger partial charge >= 0.3 is 6.18 Å². The number of aromatic nitrogens is 3. The lowest BCUT2D eigenvalue weighted by Crippen LogP contribution is -2.34. The largest absolute Gasteiger partial charge is 0.416 e. The van der Waals surface area contributed by atoms with Gasteiger partial charge in [-0.3, -0.25) is 0 Å². The second-order valence-corrected chi connectivity index (χ2v) is 9.99. The van der Waals surface area contributed by atoms with E-state index in [2.05, 4.69) is 36.5 Å².